The number of nitro groups is 1. The summed E-state index contributed by atoms with van der Waals surface area (Å²) in [6.07, 6.45) is 1.66. The van der Waals surface area contributed by atoms with Crippen LogP contribution in [0.4, 0.5) is 5.69 Å². The Balaban J connectivity index is 1.67. The molecular weight excluding hydrogens is 388 g/mol. The largest absolute Gasteiger partial charge is 0.347 e. The van der Waals surface area contributed by atoms with Gasteiger partial charge in [0.05, 0.1) is 10.4 Å². The first-order valence-electron chi connectivity index (χ1n) is 10.4. The van der Waals surface area contributed by atoms with Crippen LogP contribution in [0.3, 0.4) is 0 Å². The quantitative estimate of drug-likeness (QED) is 0.348. The Morgan fingerprint density at radius 3 is 2.16 bits per heavy atom. The molecule has 3 aromatic carbocycles. The molecule has 5 heteroatoms. The van der Waals surface area contributed by atoms with E-state index in [0.29, 0.717) is 0 Å². The molecule has 0 radical (unpaired) electrons. The number of hydrogen-bond acceptors (Lipinski definition) is 3. The van der Waals surface area contributed by atoms with Crippen molar-refractivity contribution in [1.82, 2.24) is 4.57 Å². The monoisotopic (exact) mass is 410 g/mol. The molecule has 0 amide bonds. The number of aryl methyl sites for hydroxylation is 1. The van der Waals surface area contributed by atoms with Crippen LogP contribution in [-0.4, -0.2) is 9.49 Å². The summed E-state index contributed by atoms with van der Waals surface area (Å²) in [6, 6.07) is 24.8. The summed E-state index contributed by atoms with van der Waals surface area (Å²) in [7, 11) is 2.02. The van der Waals surface area contributed by atoms with Gasteiger partial charge in [0.1, 0.15) is 0 Å². The number of fused-ring (bicyclic) bond motifs is 2. The third-order valence-electron chi connectivity index (χ3n) is 6.59. The van der Waals surface area contributed by atoms with Crippen molar-refractivity contribution in [3.05, 3.63) is 122 Å². The molecule has 5 rings (SSSR count). The third kappa shape index (κ3) is 3.32. The molecule has 0 saturated carbocycles. The van der Waals surface area contributed by atoms with Gasteiger partial charge in [-0.05, 0) is 47.6 Å². The highest BCUT2D eigenvalue weighted by atomic mass is 16.6. The summed E-state index contributed by atoms with van der Waals surface area (Å²) in [4.78, 5) is 23.7. The molecule has 0 fully saturated rings. The van der Waals surface area contributed by atoms with E-state index in [2.05, 4.69) is 28.8 Å². The van der Waals surface area contributed by atoms with E-state index in [9.17, 15) is 14.9 Å². The van der Waals surface area contributed by atoms with Crippen LogP contribution in [-0.2, 0) is 19.9 Å². The maximum Gasteiger partial charge on any atom is 0.269 e. The van der Waals surface area contributed by atoms with Crippen molar-refractivity contribution >= 4 is 16.6 Å². The lowest BCUT2D eigenvalue weighted by Gasteiger charge is -2.35. The number of nitrogens with zero attached hydrogens (tertiary/aromatic N) is 2. The van der Waals surface area contributed by atoms with Gasteiger partial charge in [0.25, 0.3) is 5.69 Å². The molecule has 1 aromatic heterocycles. The van der Waals surface area contributed by atoms with Gasteiger partial charge in [-0.15, -0.1) is 0 Å². The Labute approximate surface area is 179 Å². The van der Waals surface area contributed by atoms with E-state index >= 15 is 0 Å². The van der Waals surface area contributed by atoms with Crippen molar-refractivity contribution in [2.45, 2.75) is 24.7 Å². The van der Waals surface area contributed by atoms with Gasteiger partial charge < -0.3 is 4.57 Å². The molecule has 31 heavy (non-hydrogen) atoms. The molecule has 1 aliphatic carbocycles. The zero-order chi connectivity index (χ0) is 21.5. The Kier molecular flexibility index (Phi) is 4.66. The van der Waals surface area contributed by atoms with Gasteiger partial charge in [0, 0.05) is 42.2 Å². The molecule has 0 N–H and O–H groups in total. The number of para-hydroxylation sites is 1. The van der Waals surface area contributed by atoms with Crippen LogP contribution in [0.2, 0.25) is 0 Å². The highest BCUT2D eigenvalue weighted by Crippen LogP contribution is 2.43. The van der Waals surface area contributed by atoms with Crippen molar-refractivity contribution in [3.63, 3.8) is 0 Å². The minimum atomic E-state index is -0.371. The summed E-state index contributed by atoms with van der Waals surface area (Å²) in [6.45, 7) is 0. The Morgan fingerprint density at radius 2 is 1.48 bits per heavy atom. The second-order valence-electron chi connectivity index (χ2n) is 8.25. The van der Waals surface area contributed by atoms with Crippen molar-refractivity contribution in [3.8, 4) is 0 Å². The Hall–Kier alpha value is -3.73. The van der Waals surface area contributed by atoms with Crippen LogP contribution in [0.25, 0.3) is 10.9 Å². The summed E-state index contributed by atoms with van der Waals surface area (Å²) in [5.74, 6) is 0.223. The van der Waals surface area contributed by atoms with E-state index in [0.717, 1.165) is 35.0 Å². The van der Waals surface area contributed by atoms with Crippen LogP contribution in [0.15, 0.2) is 83.7 Å². The summed E-state index contributed by atoms with van der Waals surface area (Å²) < 4.78 is 2.13. The van der Waals surface area contributed by atoms with E-state index in [-0.39, 0.29) is 27.9 Å². The topological polar surface area (TPSA) is 65.1 Å². The van der Waals surface area contributed by atoms with Gasteiger partial charge in [-0.1, -0.05) is 48.5 Å². The second kappa shape index (κ2) is 7.51. The lowest BCUT2D eigenvalue weighted by molar-refractivity contribution is -0.384. The van der Waals surface area contributed by atoms with Crippen LogP contribution >= 0.6 is 0 Å². The average molecular weight is 410 g/mol. The summed E-state index contributed by atoms with van der Waals surface area (Å²) >= 11 is 0. The van der Waals surface area contributed by atoms with Crippen LogP contribution in [0.5, 0.6) is 0 Å². The number of aromatic nitrogens is 1. The minimum Gasteiger partial charge on any atom is -0.347 e. The SMILES string of the molecule is Cn1c([C@@H]2Cc3ccccc3C[C@H]2c2ccc([N+](=O)[O-])cc2)cc(=O)c2ccccc21. The van der Waals surface area contributed by atoms with Crippen LogP contribution in [0, 0.1) is 10.1 Å². The number of pyridine rings is 1. The van der Waals surface area contributed by atoms with Gasteiger partial charge in [-0.3, -0.25) is 14.9 Å². The minimum absolute atomic E-state index is 0.0324. The van der Waals surface area contributed by atoms with Gasteiger partial charge in [0.2, 0.25) is 0 Å². The van der Waals surface area contributed by atoms with Gasteiger partial charge in [-0.2, -0.15) is 0 Å². The fourth-order valence-corrected chi connectivity index (χ4v) is 5.00. The number of non-ortho nitro benzene ring substituents is 1. The maximum atomic E-state index is 12.9. The van der Waals surface area contributed by atoms with Crippen molar-refractivity contribution in [1.29, 1.82) is 0 Å². The van der Waals surface area contributed by atoms with Crippen molar-refractivity contribution in [2.75, 3.05) is 0 Å². The molecule has 1 aliphatic rings. The predicted molar refractivity (Wildman–Crippen MR) is 122 cm³/mol. The predicted octanol–water partition coefficient (Wildman–Crippen LogP) is 5.11. The van der Waals surface area contributed by atoms with E-state index < -0.39 is 0 Å². The fourth-order valence-electron chi connectivity index (χ4n) is 5.00. The normalized spacial score (nSPS) is 18.0. The number of rotatable bonds is 3. The van der Waals surface area contributed by atoms with Gasteiger partial charge >= 0.3 is 0 Å². The number of nitro benzene ring substituents is 1. The first-order chi connectivity index (χ1) is 15.0. The van der Waals surface area contributed by atoms with Crippen molar-refractivity contribution in [2.24, 2.45) is 7.05 Å². The van der Waals surface area contributed by atoms with Crippen molar-refractivity contribution < 1.29 is 4.92 Å². The fraction of sp³-hybridized carbons (Fsp3) is 0.192. The average Bonchev–Trinajstić information content (AvgIpc) is 2.80. The van der Waals surface area contributed by atoms with Gasteiger partial charge in [0.15, 0.2) is 5.43 Å². The molecule has 0 bridgehead atoms. The smallest absolute Gasteiger partial charge is 0.269 e. The van der Waals surface area contributed by atoms with E-state index in [4.69, 9.17) is 0 Å². The van der Waals surface area contributed by atoms with E-state index in [1.807, 2.05) is 43.4 Å². The first-order valence-corrected chi connectivity index (χ1v) is 10.4. The highest BCUT2D eigenvalue weighted by Gasteiger charge is 2.32. The zero-order valence-electron chi connectivity index (χ0n) is 17.2. The number of hydrogen-bond donors (Lipinski definition) is 0. The molecule has 5 nitrogen and oxygen atoms in total. The first kappa shape index (κ1) is 19.2. The van der Waals surface area contributed by atoms with Crippen LogP contribution in [0.1, 0.15) is 34.2 Å². The summed E-state index contributed by atoms with van der Waals surface area (Å²) in [5, 5.41) is 11.8. The molecule has 0 aliphatic heterocycles. The standard InChI is InChI=1S/C26H22N2O3/c1-27-24-9-5-4-8-21(24)26(29)16-25(27)23-15-19-7-3-2-6-18(19)14-22(23)17-10-12-20(13-11-17)28(30)31/h2-13,16,22-23H,14-15H2,1H3/t22-,23+/m0/s1. The molecule has 0 spiro atoms. The lowest BCUT2D eigenvalue weighted by Crippen LogP contribution is -2.26. The zero-order valence-corrected chi connectivity index (χ0v) is 17.2. The Bertz CT molecular complexity index is 1360. The molecule has 4 aromatic rings. The molecule has 1 heterocycles. The van der Waals surface area contributed by atoms with E-state index in [1.54, 1.807) is 18.2 Å². The highest BCUT2D eigenvalue weighted by molar-refractivity contribution is 5.79. The Morgan fingerprint density at radius 1 is 0.871 bits per heavy atom. The second-order valence-corrected chi connectivity index (χ2v) is 8.25. The molecule has 0 unspecified atom stereocenters. The maximum absolute atomic E-state index is 12.9. The molecule has 2 atom stereocenters. The molecule has 154 valence electrons. The third-order valence-corrected chi connectivity index (χ3v) is 6.59. The summed E-state index contributed by atoms with van der Waals surface area (Å²) in [5.41, 5.74) is 5.71. The molecular formula is C26H22N2O3. The molecule has 0 saturated heterocycles. The van der Waals surface area contributed by atoms with E-state index in [1.165, 1.54) is 11.1 Å². The number of benzene rings is 3. The van der Waals surface area contributed by atoms with Crippen LogP contribution < -0.4 is 5.43 Å². The van der Waals surface area contributed by atoms with Gasteiger partial charge in [-0.25, -0.2) is 0 Å². The lowest BCUT2D eigenvalue weighted by atomic mass is 9.71.